The number of rotatable bonds is 3. The summed E-state index contributed by atoms with van der Waals surface area (Å²) in [6.07, 6.45) is 0.828. The van der Waals surface area contributed by atoms with Crippen molar-refractivity contribution in [2.75, 3.05) is 19.6 Å². The highest BCUT2D eigenvalue weighted by molar-refractivity contribution is 5.19. The van der Waals surface area contributed by atoms with Gasteiger partial charge in [-0.05, 0) is 17.9 Å². The maximum atomic E-state index is 9.44. The molecule has 1 heterocycles. The molecule has 0 unspecified atom stereocenters. The third kappa shape index (κ3) is 2.80. The van der Waals surface area contributed by atoms with Crippen LogP contribution in [0.1, 0.15) is 24.8 Å². The van der Waals surface area contributed by atoms with Crippen molar-refractivity contribution in [2.45, 2.75) is 25.4 Å². The Balaban J connectivity index is 1.90. The van der Waals surface area contributed by atoms with Gasteiger partial charge in [-0.3, -0.25) is 0 Å². The van der Waals surface area contributed by atoms with Gasteiger partial charge in [-0.2, -0.15) is 0 Å². The van der Waals surface area contributed by atoms with Crippen LogP contribution in [0.5, 0.6) is 0 Å². The van der Waals surface area contributed by atoms with Crippen LogP contribution in [0.2, 0.25) is 0 Å². The number of benzene rings is 1. The van der Waals surface area contributed by atoms with E-state index in [0.29, 0.717) is 5.92 Å². The fraction of sp³-hybridized carbons (Fsp3) is 0.538. The Kier molecular flexibility index (Phi) is 3.39. The molecular formula is C13H19NO. The van der Waals surface area contributed by atoms with Crippen molar-refractivity contribution in [3.63, 3.8) is 0 Å². The second-order valence-electron chi connectivity index (χ2n) is 4.51. The predicted molar refractivity (Wildman–Crippen MR) is 61.9 cm³/mol. The number of β-amino-alcohol motifs (C(OH)–C–C–N with tert-alkyl or cyclic N) is 1. The van der Waals surface area contributed by atoms with Crippen LogP contribution in [-0.4, -0.2) is 35.7 Å². The van der Waals surface area contributed by atoms with E-state index in [1.165, 1.54) is 5.56 Å². The summed E-state index contributed by atoms with van der Waals surface area (Å²) in [4.78, 5) is 2.35. The van der Waals surface area contributed by atoms with Crippen LogP contribution in [-0.2, 0) is 0 Å². The lowest BCUT2D eigenvalue weighted by molar-refractivity contribution is 0.175. The largest absolute Gasteiger partial charge is 0.392 e. The molecule has 0 aliphatic carbocycles. The SMILES string of the molecule is C[C@H](CN1CC[C@@H](O)C1)c1ccccc1. The first-order valence-electron chi connectivity index (χ1n) is 5.71. The maximum absolute atomic E-state index is 9.44. The number of aliphatic hydroxyl groups is 1. The van der Waals surface area contributed by atoms with Crippen molar-refractivity contribution in [1.29, 1.82) is 0 Å². The van der Waals surface area contributed by atoms with E-state index in [9.17, 15) is 5.11 Å². The third-order valence-electron chi connectivity index (χ3n) is 3.15. The van der Waals surface area contributed by atoms with Gasteiger partial charge in [0.2, 0.25) is 0 Å². The van der Waals surface area contributed by atoms with Gasteiger partial charge in [-0.1, -0.05) is 37.3 Å². The molecule has 2 rings (SSSR count). The van der Waals surface area contributed by atoms with Crippen LogP contribution < -0.4 is 0 Å². The van der Waals surface area contributed by atoms with E-state index in [1.54, 1.807) is 0 Å². The minimum absolute atomic E-state index is 0.104. The molecule has 0 radical (unpaired) electrons. The molecule has 0 spiro atoms. The van der Waals surface area contributed by atoms with Crippen LogP contribution in [0, 0.1) is 0 Å². The first-order chi connectivity index (χ1) is 7.25. The molecule has 1 aliphatic rings. The molecule has 1 aromatic carbocycles. The summed E-state index contributed by atoms with van der Waals surface area (Å²) in [7, 11) is 0. The van der Waals surface area contributed by atoms with Crippen molar-refractivity contribution in [3.05, 3.63) is 35.9 Å². The van der Waals surface area contributed by atoms with Crippen LogP contribution >= 0.6 is 0 Å². The summed E-state index contributed by atoms with van der Waals surface area (Å²) in [5.41, 5.74) is 1.39. The molecule has 1 aromatic rings. The number of hydrogen-bond donors (Lipinski definition) is 1. The minimum Gasteiger partial charge on any atom is -0.392 e. The highest BCUT2D eigenvalue weighted by atomic mass is 16.3. The van der Waals surface area contributed by atoms with Crippen molar-refractivity contribution in [1.82, 2.24) is 4.90 Å². The van der Waals surface area contributed by atoms with Gasteiger partial charge in [0.05, 0.1) is 6.10 Å². The van der Waals surface area contributed by atoms with Crippen molar-refractivity contribution < 1.29 is 5.11 Å². The molecule has 0 amide bonds. The molecule has 82 valence electrons. The quantitative estimate of drug-likeness (QED) is 0.814. The van der Waals surface area contributed by atoms with E-state index in [-0.39, 0.29) is 6.10 Å². The van der Waals surface area contributed by atoms with Gasteiger partial charge in [-0.25, -0.2) is 0 Å². The zero-order valence-electron chi connectivity index (χ0n) is 9.26. The Morgan fingerprint density at radius 2 is 2.13 bits per heavy atom. The second kappa shape index (κ2) is 4.77. The third-order valence-corrected chi connectivity index (χ3v) is 3.15. The standard InChI is InChI=1S/C13H19NO/c1-11(12-5-3-2-4-6-12)9-14-8-7-13(15)10-14/h2-6,11,13,15H,7-10H2,1H3/t11-,13-/m1/s1. The fourth-order valence-electron chi connectivity index (χ4n) is 2.25. The highest BCUT2D eigenvalue weighted by Gasteiger charge is 2.21. The van der Waals surface area contributed by atoms with E-state index in [1.807, 2.05) is 0 Å². The van der Waals surface area contributed by atoms with Crippen LogP contribution in [0.25, 0.3) is 0 Å². The number of likely N-dealkylation sites (tertiary alicyclic amines) is 1. The van der Waals surface area contributed by atoms with Crippen molar-refractivity contribution in [2.24, 2.45) is 0 Å². The van der Waals surface area contributed by atoms with E-state index in [0.717, 1.165) is 26.1 Å². The van der Waals surface area contributed by atoms with Gasteiger partial charge in [-0.15, -0.1) is 0 Å². The Labute approximate surface area is 91.5 Å². The van der Waals surface area contributed by atoms with Crippen LogP contribution in [0.15, 0.2) is 30.3 Å². The van der Waals surface area contributed by atoms with E-state index < -0.39 is 0 Å². The molecule has 2 nitrogen and oxygen atoms in total. The van der Waals surface area contributed by atoms with Gasteiger partial charge in [0.25, 0.3) is 0 Å². The van der Waals surface area contributed by atoms with Crippen molar-refractivity contribution in [3.8, 4) is 0 Å². The first kappa shape index (κ1) is 10.7. The summed E-state index contributed by atoms with van der Waals surface area (Å²) >= 11 is 0. The number of nitrogens with zero attached hydrogens (tertiary/aromatic N) is 1. The molecule has 1 saturated heterocycles. The lowest BCUT2D eigenvalue weighted by atomic mass is 10.0. The Morgan fingerprint density at radius 1 is 1.40 bits per heavy atom. The molecule has 1 fully saturated rings. The van der Waals surface area contributed by atoms with Gasteiger partial charge < -0.3 is 10.0 Å². The second-order valence-corrected chi connectivity index (χ2v) is 4.51. The monoisotopic (exact) mass is 205 g/mol. The topological polar surface area (TPSA) is 23.5 Å². The van der Waals surface area contributed by atoms with Gasteiger partial charge in [0.1, 0.15) is 0 Å². The molecule has 1 aliphatic heterocycles. The van der Waals surface area contributed by atoms with Crippen LogP contribution in [0.4, 0.5) is 0 Å². The molecule has 1 N–H and O–H groups in total. The van der Waals surface area contributed by atoms with E-state index in [4.69, 9.17) is 0 Å². The molecule has 0 saturated carbocycles. The Hall–Kier alpha value is -0.860. The lowest BCUT2D eigenvalue weighted by Crippen LogP contribution is -2.26. The van der Waals surface area contributed by atoms with Gasteiger partial charge >= 0.3 is 0 Å². The molecule has 2 atom stereocenters. The number of aliphatic hydroxyl groups excluding tert-OH is 1. The normalized spacial score (nSPS) is 24.3. The Morgan fingerprint density at radius 3 is 2.73 bits per heavy atom. The van der Waals surface area contributed by atoms with E-state index >= 15 is 0 Å². The Bertz CT molecular complexity index is 299. The summed E-state index contributed by atoms with van der Waals surface area (Å²) < 4.78 is 0. The molecular weight excluding hydrogens is 186 g/mol. The zero-order valence-corrected chi connectivity index (χ0v) is 9.26. The highest BCUT2D eigenvalue weighted by Crippen LogP contribution is 2.18. The average molecular weight is 205 g/mol. The molecule has 0 aromatic heterocycles. The summed E-state index contributed by atoms with van der Waals surface area (Å²) in [6.45, 7) is 5.19. The van der Waals surface area contributed by atoms with Gasteiger partial charge in [0, 0.05) is 19.6 Å². The summed E-state index contributed by atoms with van der Waals surface area (Å²) in [5, 5.41) is 9.44. The minimum atomic E-state index is -0.104. The smallest absolute Gasteiger partial charge is 0.0679 e. The summed E-state index contributed by atoms with van der Waals surface area (Å²) in [6, 6.07) is 10.6. The van der Waals surface area contributed by atoms with Crippen molar-refractivity contribution >= 4 is 0 Å². The first-order valence-corrected chi connectivity index (χ1v) is 5.71. The molecule has 2 heteroatoms. The maximum Gasteiger partial charge on any atom is 0.0679 e. The molecule has 15 heavy (non-hydrogen) atoms. The van der Waals surface area contributed by atoms with Gasteiger partial charge in [0.15, 0.2) is 0 Å². The zero-order chi connectivity index (χ0) is 10.7. The molecule has 0 bridgehead atoms. The summed E-state index contributed by atoms with van der Waals surface area (Å²) in [5.74, 6) is 0.552. The lowest BCUT2D eigenvalue weighted by Gasteiger charge is -2.20. The fourth-order valence-corrected chi connectivity index (χ4v) is 2.25. The average Bonchev–Trinajstić information content (AvgIpc) is 2.65. The van der Waals surface area contributed by atoms with E-state index in [2.05, 4.69) is 42.2 Å². The van der Waals surface area contributed by atoms with Crippen LogP contribution in [0.3, 0.4) is 0 Å². The predicted octanol–water partition coefficient (Wildman–Crippen LogP) is 1.86. The number of hydrogen-bond acceptors (Lipinski definition) is 2.